The van der Waals surface area contributed by atoms with Crippen molar-refractivity contribution in [1.82, 2.24) is 15.5 Å². The average Bonchev–Trinajstić information content (AvgIpc) is 3.12. The van der Waals surface area contributed by atoms with Crippen molar-refractivity contribution >= 4 is 5.91 Å². The maximum atomic E-state index is 12.0. The SMILES string of the molecule is COc1ccc(CNC(=O)CCc2nnc(Cc3cccc(C)c3)o2)cc1. The fourth-order valence-electron chi connectivity index (χ4n) is 2.71. The average molecular weight is 365 g/mol. The number of carbonyl (C=O) groups excluding carboxylic acids is 1. The van der Waals surface area contributed by atoms with Crippen LogP contribution in [0.5, 0.6) is 5.75 Å². The van der Waals surface area contributed by atoms with E-state index in [0.29, 0.717) is 37.6 Å². The highest BCUT2D eigenvalue weighted by atomic mass is 16.5. The van der Waals surface area contributed by atoms with Crippen molar-refractivity contribution in [2.75, 3.05) is 7.11 Å². The predicted molar refractivity (Wildman–Crippen MR) is 101 cm³/mol. The first-order valence-corrected chi connectivity index (χ1v) is 8.89. The monoisotopic (exact) mass is 365 g/mol. The van der Waals surface area contributed by atoms with Gasteiger partial charge in [0, 0.05) is 19.4 Å². The molecule has 1 N–H and O–H groups in total. The lowest BCUT2D eigenvalue weighted by Gasteiger charge is -2.05. The molecule has 0 aliphatic heterocycles. The zero-order valence-corrected chi connectivity index (χ0v) is 15.6. The molecule has 3 rings (SSSR count). The lowest BCUT2D eigenvalue weighted by molar-refractivity contribution is -0.121. The summed E-state index contributed by atoms with van der Waals surface area (Å²) in [5.41, 5.74) is 3.34. The van der Waals surface area contributed by atoms with E-state index >= 15 is 0 Å². The van der Waals surface area contributed by atoms with Gasteiger partial charge in [0.15, 0.2) is 0 Å². The molecule has 1 aromatic heterocycles. The number of nitrogens with zero attached hydrogens (tertiary/aromatic N) is 2. The molecule has 6 nitrogen and oxygen atoms in total. The van der Waals surface area contributed by atoms with Gasteiger partial charge in [0.25, 0.3) is 0 Å². The number of ether oxygens (including phenoxy) is 1. The Bertz CT molecular complexity index is 888. The van der Waals surface area contributed by atoms with Crippen molar-refractivity contribution < 1.29 is 13.9 Å². The molecule has 3 aromatic rings. The second-order valence-electron chi connectivity index (χ2n) is 6.38. The molecule has 1 heterocycles. The fraction of sp³-hybridized carbons (Fsp3) is 0.286. The minimum Gasteiger partial charge on any atom is -0.497 e. The van der Waals surface area contributed by atoms with E-state index in [4.69, 9.17) is 9.15 Å². The maximum Gasteiger partial charge on any atom is 0.220 e. The van der Waals surface area contributed by atoms with Crippen LogP contribution in [-0.4, -0.2) is 23.2 Å². The summed E-state index contributed by atoms with van der Waals surface area (Å²) < 4.78 is 10.8. The second-order valence-corrected chi connectivity index (χ2v) is 6.38. The molecular formula is C21H23N3O3. The van der Waals surface area contributed by atoms with Gasteiger partial charge in [-0.15, -0.1) is 10.2 Å². The largest absolute Gasteiger partial charge is 0.497 e. The first kappa shape index (κ1) is 18.6. The molecular weight excluding hydrogens is 342 g/mol. The zero-order chi connectivity index (χ0) is 19.1. The van der Waals surface area contributed by atoms with Gasteiger partial charge >= 0.3 is 0 Å². The van der Waals surface area contributed by atoms with Crippen LogP contribution in [0.3, 0.4) is 0 Å². The maximum absolute atomic E-state index is 12.0. The minimum absolute atomic E-state index is 0.0516. The van der Waals surface area contributed by atoms with Crippen LogP contribution >= 0.6 is 0 Å². The van der Waals surface area contributed by atoms with Crippen LogP contribution in [0.25, 0.3) is 0 Å². The van der Waals surface area contributed by atoms with Crippen molar-refractivity contribution in [2.45, 2.75) is 32.7 Å². The summed E-state index contributed by atoms with van der Waals surface area (Å²) in [7, 11) is 1.63. The number of amides is 1. The first-order valence-electron chi connectivity index (χ1n) is 8.89. The summed E-state index contributed by atoms with van der Waals surface area (Å²) in [5.74, 6) is 1.79. The lowest BCUT2D eigenvalue weighted by Crippen LogP contribution is -2.23. The Balaban J connectivity index is 1.44. The van der Waals surface area contributed by atoms with Gasteiger partial charge in [0.1, 0.15) is 5.75 Å². The summed E-state index contributed by atoms with van der Waals surface area (Å²) in [6, 6.07) is 15.8. The van der Waals surface area contributed by atoms with Crippen LogP contribution in [0.15, 0.2) is 52.9 Å². The Morgan fingerprint density at radius 3 is 2.59 bits per heavy atom. The van der Waals surface area contributed by atoms with Crippen LogP contribution in [0.4, 0.5) is 0 Å². The van der Waals surface area contributed by atoms with Gasteiger partial charge in [-0.25, -0.2) is 0 Å². The number of benzene rings is 2. The standard InChI is InChI=1S/C21H23N3O3/c1-15-4-3-5-17(12-15)13-21-24-23-20(27-21)11-10-19(25)22-14-16-6-8-18(26-2)9-7-16/h3-9,12H,10-11,13-14H2,1-2H3,(H,22,25). The minimum atomic E-state index is -0.0516. The van der Waals surface area contributed by atoms with Crippen LogP contribution in [0.1, 0.15) is 34.9 Å². The third-order valence-corrected chi connectivity index (χ3v) is 4.16. The Kier molecular flexibility index (Phi) is 6.20. The molecule has 0 aliphatic rings. The second kappa shape index (κ2) is 8.98. The highest BCUT2D eigenvalue weighted by Gasteiger charge is 2.10. The van der Waals surface area contributed by atoms with Gasteiger partial charge in [-0.2, -0.15) is 0 Å². The summed E-state index contributed by atoms with van der Waals surface area (Å²) in [6.07, 6.45) is 1.33. The summed E-state index contributed by atoms with van der Waals surface area (Å²) in [4.78, 5) is 12.0. The first-order chi connectivity index (χ1) is 13.1. The highest BCUT2D eigenvalue weighted by Crippen LogP contribution is 2.12. The van der Waals surface area contributed by atoms with E-state index in [1.54, 1.807) is 7.11 Å². The van der Waals surface area contributed by atoms with Crippen molar-refractivity contribution in [3.63, 3.8) is 0 Å². The zero-order valence-electron chi connectivity index (χ0n) is 15.6. The number of carbonyl (C=O) groups is 1. The van der Waals surface area contributed by atoms with Crippen molar-refractivity contribution in [2.24, 2.45) is 0 Å². The Labute approximate surface area is 158 Å². The molecule has 0 saturated carbocycles. The van der Waals surface area contributed by atoms with E-state index in [1.165, 1.54) is 5.56 Å². The Morgan fingerprint density at radius 2 is 1.85 bits per heavy atom. The van der Waals surface area contributed by atoms with E-state index in [-0.39, 0.29) is 5.91 Å². The number of rotatable bonds is 8. The van der Waals surface area contributed by atoms with Crippen molar-refractivity contribution in [3.05, 3.63) is 77.0 Å². The predicted octanol–water partition coefficient (Wildman–Crippen LogP) is 3.23. The molecule has 0 spiro atoms. The molecule has 0 radical (unpaired) electrons. The van der Waals surface area contributed by atoms with Gasteiger partial charge in [-0.05, 0) is 30.2 Å². The van der Waals surface area contributed by atoms with Crippen LogP contribution in [-0.2, 0) is 24.2 Å². The number of aryl methyl sites for hydroxylation is 2. The van der Waals surface area contributed by atoms with E-state index in [2.05, 4.69) is 21.6 Å². The third-order valence-electron chi connectivity index (χ3n) is 4.16. The molecule has 0 atom stereocenters. The van der Waals surface area contributed by atoms with Crippen LogP contribution in [0, 0.1) is 6.92 Å². The summed E-state index contributed by atoms with van der Waals surface area (Å²) >= 11 is 0. The van der Waals surface area contributed by atoms with Gasteiger partial charge < -0.3 is 14.5 Å². The third kappa shape index (κ3) is 5.67. The highest BCUT2D eigenvalue weighted by molar-refractivity contribution is 5.76. The molecule has 0 saturated heterocycles. The fourth-order valence-corrected chi connectivity index (χ4v) is 2.71. The number of hydrogen-bond acceptors (Lipinski definition) is 5. The van der Waals surface area contributed by atoms with Crippen LogP contribution < -0.4 is 10.1 Å². The number of aromatic nitrogens is 2. The Morgan fingerprint density at radius 1 is 1.07 bits per heavy atom. The Hall–Kier alpha value is -3.15. The van der Waals surface area contributed by atoms with Gasteiger partial charge in [0.05, 0.1) is 13.5 Å². The molecule has 0 unspecified atom stereocenters. The summed E-state index contributed by atoms with van der Waals surface area (Å²) in [5, 5.41) is 11.0. The van der Waals surface area contributed by atoms with Crippen LogP contribution in [0.2, 0.25) is 0 Å². The molecule has 140 valence electrons. The molecule has 2 aromatic carbocycles. The molecule has 0 bridgehead atoms. The van der Waals surface area contributed by atoms with Gasteiger partial charge in [-0.3, -0.25) is 4.79 Å². The van der Waals surface area contributed by atoms with Gasteiger partial charge in [0.2, 0.25) is 17.7 Å². The number of hydrogen-bond donors (Lipinski definition) is 1. The van der Waals surface area contributed by atoms with E-state index in [9.17, 15) is 4.79 Å². The van der Waals surface area contributed by atoms with Crippen molar-refractivity contribution in [1.29, 1.82) is 0 Å². The lowest BCUT2D eigenvalue weighted by atomic mass is 10.1. The normalized spacial score (nSPS) is 10.6. The molecule has 0 aliphatic carbocycles. The quantitative estimate of drug-likeness (QED) is 0.663. The molecule has 0 fully saturated rings. The topological polar surface area (TPSA) is 77.2 Å². The number of methoxy groups -OCH3 is 1. The smallest absolute Gasteiger partial charge is 0.220 e. The van der Waals surface area contributed by atoms with Crippen molar-refractivity contribution in [3.8, 4) is 5.75 Å². The molecule has 1 amide bonds. The number of nitrogens with one attached hydrogen (secondary N) is 1. The summed E-state index contributed by atoms with van der Waals surface area (Å²) in [6.45, 7) is 2.53. The van der Waals surface area contributed by atoms with E-state index < -0.39 is 0 Å². The van der Waals surface area contributed by atoms with E-state index in [0.717, 1.165) is 16.9 Å². The molecule has 27 heavy (non-hydrogen) atoms. The molecule has 6 heteroatoms. The van der Waals surface area contributed by atoms with Gasteiger partial charge in [-0.1, -0.05) is 42.0 Å². The van der Waals surface area contributed by atoms with E-state index in [1.807, 2.05) is 49.4 Å².